The smallest absolute Gasteiger partial charge is 0.241 e. The average molecular weight is 263 g/mol. The van der Waals surface area contributed by atoms with Gasteiger partial charge in [0, 0.05) is 17.9 Å². The lowest BCUT2D eigenvalue weighted by atomic mass is 10.1. The number of likely N-dealkylation sites (N-methyl/N-ethyl adjacent to an activating group) is 1. The van der Waals surface area contributed by atoms with E-state index in [0.29, 0.717) is 11.6 Å². The minimum atomic E-state index is -0.147. The van der Waals surface area contributed by atoms with Crippen molar-refractivity contribution in [3.63, 3.8) is 0 Å². The molecule has 0 saturated carbocycles. The Morgan fingerprint density at radius 1 is 1.32 bits per heavy atom. The molecule has 0 aliphatic rings. The van der Waals surface area contributed by atoms with Gasteiger partial charge in [-0.15, -0.1) is 0 Å². The second-order valence-electron chi connectivity index (χ2n) is 5.24. The topological polar surface area (TPSA) is 58.4 Å². The molecule has 19 heavy (non-hydrogen) atoms. The zero-order valence-electron chi connectivity index (χ0n) is 12.3. The zero-order chi connectivity index (χ0) is 14.4. The van der Waals surface area contributed by atoms with Gasteiger partial charge in [-0.25, -0.2) is 0 Å². The third-order valence-corrected chi connectivity index (χ3v) is 3.52. The second-order valence-corrected chi connectivity index (χ2v) is 5.24. The van der Waals surface area contributed by atoms with Crippen molar-refractivity contribution >= 4 is 17.3 Å². The maximum Gasteiger partial charge on any atom is 0.241 e. The number of benzene rings is 1. The Labute approximate surface area is 116 Å². The third-order valence-electron chi connectivity index (χ3n) is 3.52. The number of nitrogens with two attached hydrogens (primary N) is 1. The number of carbonyl (C=O) groups excluding carboxylic acids is 1. The number of anilines is 2. The molecule has 1 aromatic carbocycles. The Kier molecular flexibility index (Phi) is 5.83. The summed E-state index contributed by atoms with van der Waals surface area (Å²) in [5, 5.41) is 2.90. The highest BCUT2D eigenvalue weighted by molar-refractivity contribution is 5.94. The molecule has 0 fully saturated rings. The Bertz CT molecular complexity index is 402. The molecule has 0 spiro atoms. The van der Waals surface area contributed by atoms with Gasteiger partial charge in [0.15, 0.2) is 0 Å². The standard InChI is InChI=1S/C15H25N3O/c1-5-11(2)10-18(4)12(3)15(19)17-14-8-6-13(16)7-9-14/h6-9,11-12H,5,10,16H2,1-4H3,(H,17,19). The zero-order valence-corrected chi connectivity index (χ0v) is 12.3. The summed E-state index contributed by atoms with van der Waals surface area (Å²) >= 11 is 0. The van der Waals surface area contributed by atoms with Gasteiger partial charge in [0.25, 0.3) is 0 Å². The fourth-order valence-corrected chi connectivity index (χ4v) is 1.79. The Morgan fingerprint density at radius 3 is 2.42 bits per heavy atom. The van der Waals surface area contributed by atoms with Crippen LogP contribution in [-0.4, -0.2) is 30.4 Å². The van der Waals surface area contributed by atoms with E-state index in [2.05, 4.69) is 24.1 Å². The van der Waals surface area contributed by atoms with Gasteiger partial charge in [-0.3, -0.25) is 9.69 Å². The summed E-state index contributed by atoms with van der Waals surface area (Å²) in [6.07, 6.45) is 1.12. The molecule has 3 N–H and O–H groups in total. The van der Waals surface area contributed by atoms with Gasteiger partial charge in [0.2, 0.25) is 5.91 Å². The number of carbonyl (C=O) groups is 1. The summed E-state index contributed by atoms with van der Waals surface area (Å²) < 4.78 is 0. The molecule has 4 heteroatoms. The van der Waals surface area contributed by atoms with E-state index in [1.165, 1.54) is 0 Å². The molecule has 0 aliphatic heterocycles. The van der Waals surface area contributed by atoms with Crippen LogP contribution in [0.5, 0.6) is 0 Å². The van der Waals surface area contributed by atoms with E-state index < -0.39 is 0 Å². The Balaban J connectivity index is 2.54. The molecular weight excluding hydrogens is 238 g/mol. The van der Waals surface area contributed by atoms with Gasteiger partial charge in [-0.2, -0.15) is 0 Å². The maximum atomic E-state index is 12.1. The van der Waals surface area contributed by atoms with Crippen molar-refractivity contribution in [2.24, 2.45) is 5.92 Å². The largest absolute Gasteiger partial charge is 0.399 e. The van der Waals surface area contributed by atoms with Crippen molar-refractivity contribution in [3.8, 4) is 0 Å². The van der Waals surface area contributed by atoms with Crippen LogP contribution in [0.4, 0.5) is 11.4 Å². The van der Waals surface area contributed by atoms with E-state index in [0.717, 1.165) is 18.7 Å². The number of amides is 1. The van der Waals surface area contributed by atoms with Crippen LogP contribution in [0.3, 0.4) is 0 Å². The molecule has 1 aromatic rings. The molecular formula is C15H25N3O. The number of nitrogen functional groups attached to an aromatic ring is 1. The van der Waals surface area contributed by atoms with Crippen molar-refractivity contribution in [2.75, 3.05) is 24.6 Å². The highest BCUT2D eigenvalue weighted by Crippen LogP contribution is 2.12. The first-order chi connectivity index (χ1) is 8.93. The summed E-state index contributed by atoms with van der Waals surface area (Å²) in [6.45, 7) is 7.21. The lowest BCUT2D eigenvalue weighted by molar-refractivity contribution is -0.120. The van der Waals surface area contributed by atoms with Crippen molar-refractivity contribution in [1.29, 1.82) is 0 Å². The molecule has 0 saturated heterocycles. The number of hydrogen-bond donors (Lipinski definition) is 2. The quantitative estimate of drug-likeness (QED) is 0.776. The highest BCUT2D eigenvalue weighted by Gasteiger charge is 2.19. The van der Waals surface area contributed by atoms with Crippen LogP contribution in [-0.2, 0) is 4.79 Å². The van der Waals surface area contributed by atoms with Gasteiger partial charge in [-0.1, -0.05) is 20.3 Å². The molecule has 0 radical (unpaired) electrons. The third kappa shape index (κ3) is 4.91. The van der Waals surface area contributed by atoms with E-state index in [1.54, 1.807) is 12.1 Å². The Hall–Kier alpha value is -1.55. The van der Waals surface area contributed by atoms with E-state index in [1.807, 2.05) is 26.1 Å². The van der Waals surface area contributed by atoms with Crippen molar-refractivity contribution < 1.29 is 4.79 Å². The van der Waals surface area contributed by atoms with Gasteiger partial charge in [0.1, 0.15) is 0 Å². The predicted molar refractivity (Wildman–Crippen MR) is 81.0 cm³/mol. The fourth-order valence-electron chi connectivity index (χ4n) is 1.79. The van der Waals surface area contributed by atoms with E-state index in [4.69, 9.17) is 5.73 Å². The van der Waals surface area contributed by atoms with Crippen LogP contribution >= 0.6 is 0 Å². The van der Waals surface area contributed by atoms with E-state index in [9.17, 15) is 4.79 Å². The molecule has 106 valence electrons. The molecule has 2 unspecified atom stereocenters. The summed E-state index contributed by atoms with van der Waals surface area (Å²) in [5.74, 6) is 0.604. The van der Waals surface area contributed by atoms with Gasteiger partial charge < -0.3 is 11.1 Å². The van der Waals surface area contributed by atoms with Crippen LogP contribution in [0.25, 0.3) is 0 Å². The van der Waals surface area contributed by atoms with Crippen LogP contribution < -0.4 is 11.1 Å². The minimum Gasteiger partial charge on any atom is -0.399 e. The first kappa shape index (κ1) is 15.5. The number of nitrogens with zero attached hydrogens (tertiary/aromatic N) is 1. The Morgan fingerprint density at radius 2 is 1.89 bits per heavy atom. The van der Waals surface area contributed by atoms with Gasteiger partial charge >= 0.3 is 0 Å². The normalized spacial score (nSPS) is 14.2. The first-order valence-corrected chi connectivity index (χ1v) is 6.80. The van der Waals surface area contributed by atoms with Gasteiger partial charge in [-0.05, 0) is 44.2 Å². The summed E-state index contributed by atoms with van der Waals surface area (Å²) in [4.78, 5) is 14.2. The molecule has 1 amide bonds. The van der Waals surface area contributed by atoms with Crippen molar-refractivity contribution in [1.82, 2.24) is 4.90 Å². The van der Waals surface area contributed by atoms with E-state index >= 15 is 0 Å². The van der Waals surface area contributed by atoms with Crippen LogP contribution in [0.1, 0.15) is 27.2 Å². The minimum absolute atomic E-state index is 0.00979. The van der Waals surface area contributed by atoms with Crippen LogP contribution in [0, 0.1) is 5.92 Å². The summed E-state index contributed by atoms with van der Waals surface area (Å²) in [7, 11) is 1.99. The second kappa shape index (κ2) is 7.14. The van der Waals surface area contributed by atoms with Crippen molar-refractivity contribution in [2.45, 2.75) is 33.2 Å². The van der Waals surface area contributed by atoms with Gasteiger partial charge in [0.05, 0.1) is 6.04 Å². The molecule has 0 aliphatic carbocycles. The SMILES string of the molecule is CCC(C)CN(C)C(C)C(=O)Nc1ccc(N)cc1. The average Bonchev–Trinajstić information content (AvgIpc) is 2.40. The molecule has 2 atom stereocenters. The monoisotopic (exact) mass is 263 g/mol. The van der Waals surface area contributed by atoms with Crippen LogP contribution in [0.2, 0.25) is 0 Å². The fraction of sp³-hybridized carbons (Fsp3) is 0.533. The lowest BCUT2D eigenvalue weighted by Gasteiger charge is -2.26. The number of nitrogens with one attached hydrogen (secondary N) is 1. The molecule has 0 heterocycles. The summed E-state index contributed by atoms with van der Waals surface area (Å²) in [5.41, 5.74) is 7.09. The first-order valence-electron chi connectivity index (χ1n) is 6.80. The lowest BCUT2D eigenvalue weighted by Crippen LogP contribution is -2.41. The summed E-state index contributed by atoms with van der Waals surface area (Å²) in [6, 6.07) is 7.04. The van der Waals surface area contributed by atoms with E-state index in [-0.39, 0.29) is 11.9 Å². The maximum absolute atomic E-state index is 12.1. The number of rotatable bonds is 6. The number of hydrogen-bond acceptors (Lipinski definition) is 3. The highest BCUT2D eigenvalue weighted by atomic mass is 16.2. The predicted octanol–water partition coefficient (Wildman–Crippen LogP) is 2.57. The van der Waals surface area contributed by atoms with Crippen LogP contribution in [0.15, 0.2) is 24.3 Å². The van der Waals surface area contributed by atoms with Crippen molar-refractivity contribution in [3.05, 3.63) is 24.3 Å². The molecule has 0 aromatic heterocycles. The molecule has 0 bridgehead atoms. The molecule has 4 nitrogen and oxygen atoms in total. The molecule has 1 rings (SSSR count).